The topological polar surface area (TPSA) is 46.8 Å². The van der Waals surface area contributed by atoms with Gasteiger partial charge in [0.15, 0.2) is 5.82 Å². The lowest BCUT2D eigenvalue weighted by Gasteiger charge is -2.39. The Kier molecular flexibility index (Phi) is 6.11. The Labute approximate surface area is 166 Å². The van der Waals surface area contributed by atoms with E-state index in [2.05, 4.69) is 82.8 Å². The molecule has 0 saturated heterocycles. The second-order valence-electron chi connectivity index (χ2n) is 7.29. The zero-order valence-corrected chi connectivity index (χ0v) is 16.6. The molecule has 2 heterocycles. The van der Waals surface area contributed by atoms with Crippen molar-refractivity contribution in [3.8, 4) is 0 Å². The van der Waals surface area contributed by atoms with Gasteiger partial charge in [-0.3, -0.25) is 0 Å². The normalized spacial score (nSPS) is 14.6. The van der Waals surface area contributed by atoms with Gasteiger partial charge in [0.1, 0.15) is 0 Å². The van der Waals surface area contributed by atoms with Crippen LogP contribution in [0.5, 0.6) is 0 Å². The highest BCUT2D eigenvalue weighted by molar-refractivity contribution is 5.85. The van der Waals surface area contributed by atoms with Gasteiger partial charge in [0, 0.05) is 12.2 Å². The van der Waals surface area contributed by atoms with E-state index in [9.17, 15) is 0 Å². The first-order chi connectivity index (χ1) is 12.7. The molecule has 0 spiro atoms. The van der Waals surface area contributed by atoms with Gasteiger partial charge in [-0.05, 0) is 46.4 Å². The van der Waals surface area contributed by atoms with Gasteiger partial charge < -0.3 is 4.90 Å². The molecule has 1 aliphatic heterocycles. The molecule has 0 fully saturated rings. The summed E-state index contributed by atoms with van der Waals surface area (Å²) >= 11 is 0. The summed E-state index contributed by atoms with van der Waals surface area (Å²) in [6.45, 7) is 6.24. The van der Waals surface area contributed by atoms with Gasteiger partial charge in [-0.25, -0.2) is 4.68 Å². The molecule has 1 aliphatic rings. The number of anilines is 1. The minimum Gasteiger partial charge on any atom is -0.361 e. The number of para-hydroxylation sites is 1. The van der Waals surface area contributed by atoms with Crippen LogP contribution < -0.4 is 4.90 Å². The first-order valence-corrected chi connectivity index (χ1v) is 9.38. The summed E-state index contributed by atoms with van der Waals surface area (Å²) in [7, 11) is 0. The summed E-state index contributed by atoms with van der Waals surface area (Å²) in [4.78, 5) is 2.50. The summed E-state index contributed by atoms with van der Waals surface area (Å²) in [5.41, 5.74) is 3.96. The standard InChI is InChI=1S/C21H25N5.ClH/c1-16(2)20(25-14-8-12-18-11-6-7-13-19(18)25)21-22-23-24-26(21)15-17-9-4-3-5-10-17;/h3-7,9-11,13,16,20H,8,12,14-15H2,1-2H3;1H. The highest BCUT2D eigenvalue weighted by atomic mass is 35.5. The van der Waals surface area contributed by atoms with Gasteiger partial charge in [-0.2, -0.15) is 0 Å². The van der Waals surface area contributed by atoms with Crippen molar-refractivity contribution in [3.05, 3.63) is 71.5 Å². The van der Waals surface area contributed by atoms with Crippen LogP contribution >= 0.6 is 12.4 Å². The maximum Gasteiger partial charge on any atom is 0.174 e. The van der Waals surface area contributed by atoms with Crippen molar-refractivity contribution in [2.75, 3.05) is 11.4 Å². The predicted molar refractivity (Wildman–Crippen MR) is 110 cm³/mol. The van der Waals surface area contributed by atoms with Crippen molar-refractivity contribution in [2.24, 2.45) is 5.92 Å². The van der Waals surface area contributed by atoms with E-state index in [1.54, 1.807) is 0 Å². The first kappa shape index (κ1) is 19.4. The van der Waals surface area contributed by atoms with Gasteiger partial charge in [-0.1, -0.05) is 62.4 Å². The maximum atomic E-state index is 4.44. The molecule has 142 valence electrons. The molecule has 1 atom stereocenters. The van der Waals surface area contributed by atoms with E-state index in [0.29, 0.717) is 12.5 Å². The van der Waals surface area contributed by atoms with E-state index >= 15 is 0 Å². The number of fused-ring (bicyclic) bond motifs is 1. The average Bonchev–Trinajstić information content (AvgIpc) is 3.10. The third-order valence-electron chi connectivity index (χ3n) is 5.11. The Morgan fingerprint density at radius 1 is 1.00 bits per heavy atom. The van der Waals surface area contributed by atoms with Crippen molar-refractivity contribution >= 4 is 18.1 Å². The zero-order valence-electron chi connectivity index (χ0n) is 15.8. The number of hydrogen-bond acceptors (Lipinski definition) is 4. The second kappa shape index (κ2) is 8.53. The Hall–Kier alpha value is -2.40. The molecular weight excluding hydrogens is 358 g/mol. The van der Waals surface area contributed by atoms with Gasteiger partial charge in [0.25, 0.3) is 0 Å². The minimum absolute atomic E-state index is 0. The molecule has 0 amide bonds. The summed E-state index contributed by atoms with van der Waals surface area (Å²) in [5.74, 6) is 1.35. The third-order valence-corrected chi connectivity index (χ3v) is 5.11. The third kappa shape index (κ3) is 3.98. The SMILES string of the molecule is CC(C)C(c1nnnn1Cc1ccccc1)N1CCCc2ccccc21.Cl. The zero-order chi connectivity index (χ0) is 17.9. The molecule has 0 N–H and O–H groups in total. The van der Waals surface area contributed by atoms with Gasteiger partial charge in [-0.15, -0.1) is 17.5 Å². The quantitative estimate of drug-likeness (QED) is 0.659. The maximum absolute atomic E-state index is 4.44. The van der Waals surface area contributed by atoms with Crippen LogP contribution in [-0.4, -0.2) is 26.8 Å². The molecule has 0 aliphatic carbocycles. The average molecular weight is 384 g/mol. The van der Waals surface area contributed by atoms with E-state index < -0.39 is 0 Å². The molecule has 5 nitrogen and oxygen atoms in total. The largest absolute Gasteiger partial charge is 0.361 e. The van der Waals surface area contributed by atoms with Gasteiger partial charge >= 0.3 is 0 Å². The van der Waals surface area contributed by atoms with Crippen LogP contribution in [0.2, 0.25) is 0 Å². The van der Waals surface area contributed by atoms with Crippen molar-refractivity contribution in [2.45, 2.75) is 39.3 Å². The fourth-order valence-corrected chi connectivity index (χ4v) is 3.94. The van der Waals surface area contributed by atoms with Crippen LogP contribution in [0, 0.1) is 5.92 Å². The monoisotopic (exact) mass is 383 g/mol. The number of benzene rings is 2. The molecule has 1 aromatic heterocycles. The molecule has 4 rings (SSSR count). The molecule has 27 heavy (non-hydrogen) atoms. The number of nitrogens with zero attached hydrogens (tertiary/aromatic N) is 5. The fourth-order valence-electron chi connectivity index (χ4n) is 3.94. The van der Waals surface area contributed by atoms with E-state index in [-0.39, 0.29) is 18.4 Å². The molecular formula is C21H26ClN5. The van der Waals surface area contributed by atoms with Crippen molar-refractivity contribution < 1.29 is 0 Å². The van der Waals surface area contributed by atoms with E-state index in [1.165, 1.54) is 23.2 Å². The molecule has 6 heteroatoms. The van der Waals surface area contributed by atoms with Crippen LogP contribution in [-0.2, 0) is 13.0 Å². The highest BCUT2D eigenvalue weighted by Gasteiger charge is 2.31. The number of rotatable bonds is 5. The summed E-state index contributed by atoms with van der Waals surface area (Å²) in [6, 6.07) is 19.3. The molecule has 1 unspecified atom stereocenters. The van der Waals surface area contributed by atoms with E-state index in [0.717, 1.165) is 18.8 Å². The molecule has 0 bridgehead atoms. The smallest absolute Gasteiger partial charge is 0.174 e. The lowest BCUT2D eigenvalue weighted by atomic mass is 9.95. The predicted octanol–water partition coefficient (Wildman–Crippen LogP) is 4.29. The molecule has 2 aromatic carbocycles. The van der Waals surface area contributed by atoms with E-state index in [4.69, 9.17) is 0 Å². The van der Waals surface area contributed by atoms with Crippen LogP contribution in [0.15, 0.2) is 54.6 Å². The lowest BCUT2D eigenvalue weighted by molar-refractivity contribution is 0.418. The highest BCUT2D eigenvalue weighted by Crippen LogP contribution is 2.37. The lowest BCUT2D eigenvalue weighted by Crippen LogP contribution is -2.38. The van der Waals surface area contributed by atoms with Crippen molar-refractivity contribution in [3.63, 3.8) is 0 Å². The number of hydrogen-bond donors (Lipinski definition) is 0. The Morgan fingerprint density at radius 3 is 2.52 bits per heavy atom. The molecule has 0 saturated carbocycles. The van der Waals surface area contributed by atoms with E-state index in [1.807, 2.05) is 10.7 Å². The van der Waals surface area contributed by atoms with Crippen molar-refractivity contribution in [1.82, 2.24) is 20.2 Å². The van der Waals surface area contributed by atoms with Gasteiger partial charge in [0.2, 0.25) is 0 Å². The molecule has 3 aromatic rings. The second-order valence-corrected chi connectivity index (χ2v) is 7.29. The van der Waals surface area contributed by atoms with Crippen molar-refractivity contribution in [1.29, 1.82) is 0 Å². The van der Waals surface area contributed by atoms with Crippen LogP contribution in [0.1, 0.15) is 43.3 Å². The van der Waals surface area contributed by atoms with Crippen LogP contribution in [0.25, 0.3) is 0 Å². The number of aromatic nitrogens is 4. The number of tetrazole rings is 1. The number of aryl methyl sites for hydroxylation is 1. The van der Waals surface area contributed by atoms with Gasteiger partial charge in [0.05, 0.1) is 12.6 Å². The number of halogens is 1. The Bertz CT molecular complexity index is 862. The molecule has 0 radical (unpaired) electrons. The van der Waals surface area contributed by atoms with Crippen LogP contribution in [0.4, 0.5) is 5.69 Å². The summed E-state index contributed by atoms with van der Waals surface area (Å²) < 4.78 is 1.96. The van der Waals surface area contributed by atoms with Crippen LogP contribution in [0.3, 0.4) is 0 Å². The Balaban J connectivity index is 0.00000210. The summed E-state index contributed by atoms with van der Waals surface area (Å²) in [6.07, 6.45) is 2.31. The first-order valence-electron chi connectivity index (χ1n) is 9.38. The Morgan fingerprint density at radius 2 is 1.74 bits per heavy atom. The summed E-state index contributed by atoms with van der Waals surface area (Å²) in [5, 5.41) is 12.7. The fraction of sp³-hybridized carbons (Fsp3) is 0.381. The minimum atomic E-state index is 0.